The first kappa shape index (κ1) is 14.0. The minimum absolute atomic E-state index is 1.12. The lowest BCUT2D eigenvalue weighted by molar-refractivity contribution is 0.975. The highest BCUT2D eigenvalue weighted by Crippen LogP contribution is 2.28. The quantitative estimate of drug-likeness (QED) is 0.364. The lowest BCUT2D eigenvalue weighted by Crippen LogP contribution is -1.91. The second-order valence-electron chi connectivity index (χ2n) is 6.16. The van der Waals surface area contributed by atoms with Gasteiger partial charge in [-0.2, -0.15) is 5.10 Å². The molecule has 1 heterocycles. The van der Waals surface area contributed by atoms with Crippen LogP contribution in [0, 0.1) is 0 Å². The fraction of sp³-hybridized carbons (Fsp3) is 0. The third-order valence-corrected chi connectivity index (χ3v) is 4.69. The van der Waals surface area contributed by atoms with Crippen molar-refractivity contribution in [2.24, 2.45) is 5.10 Å². The first-order valence-corrected chi connectivity index (χ1v) is 8.42. The van der Waals surface area contributed by atoms with E-state index in [2.05, 4.69) is 91.0 Å². The van der Waals surface area contributed by atoms with E-state index < -0.39 is 0 Å². The van der Waals surface area contributed by atoms with Crippen LogP contribution in [0.5, 0.6) is 0 Å². The lowest BCUT2D eigenvalue weighted by atomic mass is 10.1. The Morgan fingerprint density at radius 2 is 1.12 bits per heavy atom. The van der Waals surface area contributed by atoms with Gasteiger partial charge in [0.2, 0.25) is 0 Å². The van der Waals surface area contributed by atoms with Gasteiger partial charge in [0.05, 0.1) is 17.2 Å². The van der Waals surface area contributed by atoms with Crippen molar-refractivity contribution < 1.29 is 0 Å². The number of aromatic nitrogens is 1. The van der Waals surface area contributed by atoms with E-state index in [0.717, 1.165) is 16.6 Å². The van der Waals surface area contributed by atoms with Crippen molar-refractivity contribution in [2.75, 3.05) is 0 Å². The standard InChI is InChI=1S/C23H16N2/c1-2-11-19-17(8-1)9-7-10-18(19)16-24-25-22-14-5-3-12-20(22)21-13-4-6-15-23(21)25/h1-16H. The van der Waals surface area contributed by atoms with Crippen LogP contribution in [0.2, 0.25) is 0 Å². The largest absolute Gasteiger partial charge is 0.232 e. The Bertz CT molecular complexity index is 1190. The average Bonchev–Trinajstić information content (AvgIpc) is 3.00. The van der Waals surface area contributed by atoms with Gasteiger partial charge in [-0.1, -0.05) is 78.9 Å². The molecule has 5 rings (SSSR count). The summed E-state index contributed by atoms with van der Waals surface area (Å²) in [6.45, 7) is 0. The maximum atomic E-state index is 4.83. The third kappa shape index (κ3) is 2.23. The monoisotopic (exact) mass is 320 g/mol. The zero-order valence-electron chi connectivity index (χ0n) is 13.6. The van der Waals surface area contributed by atoms with Gasteiger partial charge in [-0.25, -0.2) is 4.68 Å². The van der Waals surface area contributed by atoms with Crippen molar-refractivity contribution in [3.05, 3.63) is 96.6 Å². The number of benzene rings is 4. The minimum Gasteiger partial charge on any atom is -0.232 e. The van der Waals surface area contributed by atoms with E-state index in [4.69, 9.17) is 5.10 Å². The molecule has 0 atom stereocenters. The molecule has 0 aliphatic heterocycles. The smallest absolute Gasteiger partial charge is 0.0732 e. The average molecular weight is 320 g/mol. The van der Waals surface area contributed by atoms with E-state index in [1.165, 1.54) is 21.5 Å². The van der Waals surface area contributed by atoms with Gasteiger partial charge in [-0.05, 0) is 22.9 Å². The molecule has 0 radical (unpaired) electrons. The summed E-state index contributed by atoms with van der Waals surface area (Å²) >= 11 is 0. The van der Waals surface area contributed by atoms with Crippen LogP contribution in [0.4, 0.5) is 0 Å². The second kappa shape index (κ2) is 5.60. The lowest BCUT2D eigenvalue weighted by Gasteiger charge is -2.03. The molecule has 0 bridgehead atoms. The summed E-state index contributed by atoms with van der Waals surface area (Å²) in [4.78, 5) is 0. The summed E-state index contributed by atoms with van der Waals surface area (Å²) in [5, 5.41) is 9.74. The maximum Gasteiger partial charge on any atom is 0.0732 e. The SMILES string of the molecule is C(=Nn1c2ccccc2c2ccccc21)c1cccc2ccccc12. The molecular weight excluding hydrogens is 304 g/mol. The van der Waals surface area contributed by atoms with E-state index in [1.807, 2.05) is 10.9 Å². The zero-order valence-corrected chi connectivity index (χ0v) is 13.6. The van der Waals surface area contributed by atoms with E-state index >= 15 is 0 Å². The summed E-state index contributed by atoms with van der Waals surface area (Å²) in [5.41, 5.74) is 3.38. The van der Waals surface area contributed by atoms with E-state index in [-0.39, 0.29) is 0 Å². The van der Waals surface area contributed by atoms with Gasteiger partial charge in [0.1, 0.15) is 0 Å². The molecule has 0 aliphatic carbocycles. The van der Waals surface area contributed by atoms with Crippen LogP contribution in [0.25, 0.3) is 32.6 Å². The number of hydrogen-bond acceptors (Lipinski definition) is 1. The van der Waals surface area contributed by atoms with E-state index in [1.54, 1.807) is 0 Å². The molecule has 5 aromatic rings. The first-order valence-electron chi connectivity index (χ1n) is 8.42. The van der Waals surface area contributed by atoms with Crippen LogP contribution in [0.1, 0.15) is 5.56 Å². The number of nitrogens with zero attached hydrogens (tertiary/aromatic N) is 2. The van der Waals surface area contributed by atoms with Gasteiger partial charge >= 0.3 is 0 Å². The van der Waals surface area contributed by atoms with Crippen LogP contribution in [-0.4, -0.2) is 10.9 Å². The summed E-state index contributed by atoms with van der Waals surface area (Å²) in [5.74, 6) is 0. The maximum absolute atomic E-state index is 4.83. The zero-order chi connectivity index (χ0) is 16.6. The van der Waals surface area contributed by atoms with Crippen molar-refractivity contribution in [3.8, 4) is 0 Å². The summed E-state index contributed by atoms with van der Waals surface area (Å²) < 4.78 is 2.03. The molecule has 0 N–H and O–H groups in total. The van der Waals surface area contributed by atoms with Gasteiger partial charge in [-0.15, -0.1) is 0 Å². The molecule has 1 aromatic heterocycles. The molecule has 0 saturated heterocycles. The van der Waals surface area contributed by atoms with Crippen LogP contribution in [-0.2, 0) is 0 Å². The van der Waals surface area contributed by atoms with Gasteiger partial charge in [0, 0.05) is 16.3 Å². The van der Waals surface area contributed by atoms with Crippen LogP contribution >= 0.6 is 0 Å². The molecule has 0 fully saturated rings. The van der Waals surface area contributed by atoms with Crippen molar-refractivity contribution in [1.82, 2.24) is 4.68 Å². The molecule has 0 spiro atoms. The fourth-order valence-corrected chi connectivity index (χ4v) is 3.51. The third-order valence-electron chi connectivity index (χ3n) is 4.69. The molecule has 2 heteroatoms. The molecule has 25 heavy (non-hydrogen) atoms. The molecule has 0 aliphatic rings. The van der Waals surface area contributed by atoms with E-state index in [9.17, 15) is 0 Å². The molecule has 4 aromatic carbocycles. The Hall–Kier alpha value is -3.39. The number of hydrogen-bond donors (Lipinski definition) is 0. The number of para-hydroxylation sites is 2. The van der Waals surface area contributed by atoms with Crippen LogP contribution in [0.15, 0.2) is 96.1 Å². The highest BCUT2D eigenvalue weighted by molar-refractivity contribution is 6.08. The summed E-state index contributed by atoms with van der Waals surface area (Å²) in [6, 6.07) is 31.6. The summed E-state index contributed by atoms with van der Waals surface area (Å²) in [7, 11) is 0. The Morgan fingerprint density at radius 3 is 1.84 bits per heavy atom. The van der Waals surface area contributed by atoms with Crippen molar-refractivity contribution in [1.29, 1.82) is 0 Å². The van der Waals surface area contributed by atoms with Crippen LogP contribution in [0.3, 0.4) is 0 Å². The Labute approximate surface area is 145 Å². The van der Waals surface area contributed by atoms with Crippen molar-refractivity contribution >= 4 is 38.8 Å². The normalized spacial score (nSPS) is 11.8. The van der Waals surface area contributed by atoms with Gasteiger partial charge in [0.25, 0.3) is 0 Å². The Kier molecular flexibility index (Phi) is 3.14. The molecule has 0 amide bonds. The van der Waals surface area contributed by atoms with Gasteiger partial charge < -0.3 is 0 Å². The topological polar surface area (TPSA) is 17.3 Å². The van der Waals surface area contributed by atoms with Gasteiger partial charge in [0.15, 0.2) is 0 Å². The molecule has 2 nitrogen and oxygen atoms in total. The predicted octanol–water partition coefficient (Wildman–Crippen LogP) is 5.83. The van der Waals surface area contributed by atoms with E-state index in [0.29, 0.717) is 0 Å². The Balaban J connectivity index is 1.74. The number of fused-ring (bicyclic) bond motifs is 4. The minimum atomic E-state index is 1.12. The number of rotatable bonds is 2. The van der Waals surface area contributed by atoms with Crippen molar-refractivity contribution in [2.45, 2.75) is 0 Å². The fourth-order valence-electron chi connectivity index (χ4n) is 3.51. The Morgan fingerprint density at radius 1 is 0.560 bits per heavy atom. The molecule has 0 saturated carbocycles. The highest BCUT2D eigenvalue weighted by atomic mass is 15.3. The van der Waals surface area contributed by atoms with Crippen molar-refractivity contribution in [3.63, 3.8) is 0 Å². The second-order valence-corrected chi connectivity index (χ2v) is 6.16. The van der Waals surface area contributed by atoms with Gasteiger partial charge in [-0.3, -0.25) is 0 Å². The van der Waals surface area contributed by atoms with Crippen LogP contribution < -0.4 is 0 Å². The predicted molar refractivity (Wildman–Crippen MR) is 106 cm³/mol. The first-order chi connectivity index (χ1) is 12.4. The summed E-state index contributed by atoms with van der Waals surface area (Å²) in [6.07, 6.45) is 1.96. The molecule has 118 valence electrons. The molecular formula is C23H16N2. The highest BCUT2D eigenvalue weighted by Gasteiger charge is 2.08. The molecule has 0 unspecified atom stereocenters.